The Kier molecular flexibility index (Phi) is 4.06. The summed E-state index contributed by atoms with van der Waals surface area (Å²) in [4.78, 5) is 15.1. The Morgan fingerprint density at radius 2 is 2.08 bits per heavy atom. The van der Waals surface area contributed by atoms with Gasteiger partial charge in [0.15, 0.2) is 0 Å². The number of fused-ring (bicyclic) bond motifs is 1. The molecule has 0 spiro atoms. The third-order valence-electron chi connectivity index (χ3n) is 4.23. The molecule has 3 aromatic rings. The van der Waals surface area contributed by atoms with Crippen molar-refractivity contribution in [1.82, 2.24) is 25.1 Å². The number of piperidine rings is 1. The van der Waals surface area contributed by atoms with Gasteiger partial charge < -0.3 is 20.1 Å². The maximum atomic E-state index is 9.67. The summed E-state index contributed by atoms with van der Waals surface area (Å²) < 4.78 is 5.21. The molecule has 1 fully saturated rings. The number of anilines is 3. The minimum absolute atomic E-state index is 0.251. The van der Waals surface area contributed by atoms with Gasteiger partial charge in [0.1, 0.15) is 0 Å². The zero-order valence-electron chi connectivity index (χ0n) is 13.8. The van der Waals surface area contributed by atoms with Crippen LogP contribution in [0.3, 0.4) is 0 Å². The predicted molar refractivity (Wildman–Crippen MR) is 93.2 cm³/mol. The molecule has 25 heavy (non-hydrogen) atoms. The van der Waals surface area contributed by atoms with Crippen LogP contribution in [0.5, 0.6) is 6.01 Å². The van der Waals surface area contributed by atoms with Crippen molar-refractivity contribution in [1.29, 1.82) is 0 Å². The molecule has 9 nitrogen and oxygen atoms in total. The molecule has 0 atom stereocenters. The largest absolute Gasteiger partial charge is 0.467 e. The first-order chi connectivity index (χ1) is 12.2. The number of rotatable bonds is 4. The zero-order valence-corrected chi connectivity index (χ0v) is 13.8. The number of hydrogen-bond donors (Lipinski definition) is 3. The molecule has 0 bridgehead atoms. The summed E-state index contributed by atoms with van der Waals surface area (Å²) in [6.07, 6.45) is 2.92. The van der Waals surface area contributed by atoms with Gasteiger partial charge in [-0.05, 0) is 31.0 Å². The molecule has 1 aliphatic heterocycles. The van der Waals surface area contributed by atoms with Gasteiger partial charge in [-0.15, -0.1) is 0 Å². The second kappa shape index (κ2) is 6.52. The molecule has 0 amide bonds. The van der Waals surface area contributed by atoms with E-state index in [0.29, 0.717) is 37.8 Å². The highest BCUT2D eigenvalue weighted by atomic mass is 16.5. The van der Waals surface area contributed by atoms with E-state index in [-0.39, 0.29) is 12.1 Å². The van der Waals surface area contributed by atoms with Gasteiger partial charge in [0, 0.05) is 24.2 Å². The minimum atomic E-state index is -0.251. The summed E-state index contributed by atoms with van der Waals surface area (Å²) >= 11 is 0. The standard InChI is InChI=1S/C16H19N7O2/c1-25-16-20-14(18-11-3-2-10-9-17-22-13(10)8-11)19-15(21-16)23-6-4-12(24)5-7-23/h2-3,8-9,12,24H,4-7H2,1H3,(H,17,22)(H,18,19,20,21). The molecule has 0 radical (unpaired) electrons. The molecule has 4 rings (SSSR count). The number of aromatic amines is 1. The Morgan fingerprint density at radius 1 is 1.24 bits per heavy atom. The van der Waals surface area contributed by atoms with Gasteiger partial charge in [-0.25, -0.2) is 0 Å². The first-order valence-corrected chi connectivity index (χ1v) is 8.14. The quantitative estimate of drug-likeness (QED) is 0.654. The molecule has 1 aromatic carbocycles. The normalized spacial score (nSPS) is 15.5. The fourth-order valence-electron chi connectivity index (χ4n) is 2.84. The molecule has 0 unspecified atom stereocenters. The Balaban J connectivity index is 1.60. The summed E-state index contributed by atoms with van der Waals surface area (Å²) in [6.45, 7) is 1.40. The van der Waals surface area contributed by atoms with Crippen LogP contribution >= 0.6 is 0 Å². The maximum absolute atomic E-state index is 9.67. The molecule has 3 heterocycles. The number of methoxy groups -OCH3 is 1. The number of H-pyrrole nitrogens is 1. The molecule has 0 aliphatic carbocycles. The molecule has 1 saturated heterocycles. The van der Waals surface area contributed by atoms with E-state index in [9.17, 15) is 5.11 Å². The van der Waals surface area contributed by atoms with Gasteiger partial charge in [-0.3, -0.25) is 5.10 Å². The van der Waals surface area contributed by atoms with Crippen LogP contribution in [-0.2, 0) is 0 Å². The van der Waals surface area contributed by atoms with Crippen LogP contribution in [-0.4, -0.2) is 56.6 Å². The lowest BCUT2D eigenvalue weighted by Crippen LogP contribution is -2.37. The second-order valence-electron chi connectivity index (χ2n) is 5.96. The summed E-state index contributed by atoms with van der Waals surface area (Å²) in [7, 11) is 1.53. The van der Waals surface area contributed by atoms with Crippen LogP contribution in [0.1, 0.15) is 12.8 Å². The van der Waals surface area contributed by atoms with Crippen molar-refractivity contribution in [2.24, 2.45) is 0 Å². The van der Waals surface area contributed by atoms with E-state index in [1.165, 1.54) is 7.11 Å². The molecular formula is C16H19N7O2. The summed E-state index contributed by atoms with van der Waals surface area (Å²) in [5.41, 5.74) is 1.77. The van der Waals surface area contributed by atoms with Crippen LogP contribution < -0.4 is 15.0 Å². The summed E-state index contributed by atoms with van der Waals surface area (Å²) in [5.74, 6) is 0.954. The lowest BCUT2D eigenvalue weighted by atomic mass is 10.1. The van der Waals surface area contributed by atoms with E-state index in [2.05, 4.69) is 30.5 Å². The van der Waals surface area contributed by atoms with Crippen molar-refractivity contribution in [2.75, 3.05) is 30.4 Å². The monoisotopic (exact) mass is 341 g/mol. The van der Waals surface area contributed by atoms with Crippen LogP contribution in [0, 0.1) is 0 Å². The first kappa shape index (κ1) is 15.6. The maximum Gasteiger partial charge on any atom is 0.322 e. The Hall–Kier alpha value is -2.94. The van der Waals surface area contributed by atoms with E-state index in [1.807, 2.05) is 23.1 Å². The van der Waals surface area contributed by atoms with Crippen molar-refractivity contribution < 1.29 is 9.84 Å². The van der Waals surface area contributed by atoms with Gasteiger partial charge in [0.25, 0.3) is 0 Å². The fourth-order valence-corrected chi connectivity index (χ4v) is 2.84. The third kappa shape index (κ3) is 3.31. The van der Waals surface area contributed by atoms with Gasteiger partial charge in [-0.2, -0.15) is 20.1 Å². The second-order valence-corrected chi connectivity index (χ2v) is 5.96. The minimum Gasteiger partial charge on any atom is -0.467 e. The van der Waals surface area contributed by atoms with Crippen LogP contribution in [0.4, 0.5) is 17.6 Å². The first-order valence-electron chi connectivity index (χ1n) is 8.14. The number of nitrogens with one attached hydrogen (secondary N) is 2. The Bertz CT molecular complexity index is 874. The SMILES string of the molecule is COc1nc(Nc2ccc3cn[nH]c3c2)nc(N2CCC(O)CC2)n1. The number of benzene rings is 1. The van der Waals surface area contributed by atoms with Gasteiger partial charge in [-0.1, -0.05) is 0 Å². The Labute approximate surface area is 144 Å². The highest BCUT2D eigenvalue weighted by Crippen LogP contribution is 2.23. The average Bonchev–Trinajstić information content (AvgIpc) is 3.10. The van der Waals surface area contributed by atoms with E-state index >= 15 is 0 Å². The number of aromatic nitrogens is 5. The lowest BCUT2D eigenvalue weighted by molar-refractivity contribution is 0.145. The smallest absolute Gasteiger partial charge is 0.322 e. The van der Waals surface area contributed by atoms with Crippen molar-refractivity contribution >= 4 is 28.5 Å². The van der Waals surface area contributed by atoms with E-state index in [1.54, 1.807) is 6.20 Å². The lowest BCUT2D eigenvalue weighted by Gasteiger charge is -2.29. The molecule has 2 aromatic heterocycles. The van der Waals surface area contributed by atoms with Crippen molar-refractivity contribution in [3.8, 4) is 6.01 Å². The van der Waals surface area contributed by atoms with Gasteiger partial charge in [0.05, 0.1) is 24.9 Å². The van der Waals surface area contributed by atoms with Crippen molar-refractivity contribution in [3.05, 3.63) is 24.4 Å². The molecule has 130 valence electrons. The highest BCUT2D eigenvalue weighted by molar-refractivity contribution is 5.82. The zero-order chi connectivity index (χ0) is 17.2. The molecule has 9 heteroatoms. The van der Waals surface area contributed by atoms with Gasteiger partial charge in [0.2, 0.25) is 11.9 Å². The number of ether oxygens (including phenoxy) is 1. The van der Waals surface area contributed by atoms with Crippen LogP contribution in [0.2, 0.25) is 0 Å². The van der Waals surface area contributed by atoms with Crippen molar-refractivity contribution in [2.45, 2.75) is 18.9 Å². The van der Waals surface area contributed by atoms with E-state index < -0.39 is 0 Å². The van der Waals surface area contributed by atoms with Crippen molar-refractivity contribution in [3.63, 3.8) is 0 Å². The van der Waals surface area contributed by atoms with Crippen LogP contribution in [0.25, 0.3) is 10.9 Å². The summed E-state index contributed by atoms with van der Waals surface area (Å²) in [5, 5.41) is 20.8. The average molecular weight is 341 g/mol. The number of nitrogens with zero attached hydrogens (tertiary/aromatic N) is 5. The van der Waals surface area contributed by atoms with Gasteiger partial charge >= 0.3 is 6.01 Å². The highest BCUT2D eigenvalue weighted by Gasteiger charge is 2.21. The third-order valence-corrected chi connectivity index (χ3v) is 4.23. The Morgan fingerprint density at radius 3 is 2.88 bits per heavy atom. The predicted octanol–water partition coefficient (Wildman–Crippen LogP) is 1.46. The molecular weight excluding hydrogens is 322 g/mol. The van der Waals surface area contributed by atoms with E-state index in [4.69, 9.17) is 4.74 Å². The molecule has 3 N–H and O–H groups in total. The number of aliphatic hydroxyl groups excluding tert-OH is 1. The van der Waals surface area contributed by atoms with Crippen LogP contribution in [0.15, 0.2) is 24.4 Å². The fraction of sp³-hybridized carbons (Fsp3) is 0.375. The number of hydrogen-bond acceptors (Lipinski definition) is 8. The number of aliphatic hydroxyl groups is 1. The summed E-state index contributed by atoms with van der Waals surface area (Å²) in [6, 6.07) is 6.09. The van der Waals surface area contributed by atoms with E-state index in [0.717, 1.165) is 16.6 Å². The molecule has 1 aliphatic rings. The topological polar surface area (TPSA) is 112 Å². The molecule has 0 saturated carbocycles.